The molecule has 0 aliphatic heterocycles. The average Bonchev–Trinajstić information content (AvgIpc) is 2.28. The quantitative estimate of drug-likeness (QED) is 0.664. The number of rotatable bonds is 3. The summed E-state index contributed by atoms with van der Waals surface area (Å²) < 4.78 is 18.9. The van der Waals surface area contributed by atoms with E-state index in [0.29, 0.717) is 6.42 Å². The zero-order valence-electron chi connectivity index (χ0n) is 10.1. The Balaban J connectivity index is 2.12. The van der Waals surface area contributed by atoms with Gasteiger partial charge in [-0.15, -0.1) is 0 Å². The third-order valence-electron chi connectivity index (χ3n) is 3.52. The van der Waals surface area contributed by atoms with E-state index < -0.39 is 27.9 Å². The Hall–Kier alpha value is -1.69. The smallest absolute Gasteiger partial charge is 0.305 e. The van der Waals surface area contributed by atoms with Crippen molar-refractivity contribution in [3.63, 3.8) is 0 Å². The Bertz CT molecular complexity index is 489. The van der Waals surface area contributed by atoms with Gasteiger partial charge in [-0.2, -0.15) is 4.39 Å². The second kappa shape index (κ2) is 4.20. The van der Waals surface area contributed by atoms with Crippen LogP contribution in [0, 0.1) is 21.3 Å². The molecule has 0 spiro atoms. The van der Waals surface area contributed by atoms with Crippen LogP contribution in [0.15, 0.2) is 18.2 Å². The molecule has 1 aliphatic carbocycles. The van der Waals surface area contributed by atoms with Crippen LogP contribution in [-0.4, -0.2) is 22.2 Å². The van der Waals surface area contributed by atoms with E-state index in [1.54, 1.807) is 0 Å². The molecule has 6 heteroatoms. The first kappa shape index (κ1) is 12.8. The molecule has 18 heavy (non-hydrogen) atoms. The van der Waals surface area contributed by atoms with Crippen LogP contribution in [0.4, 0.5) is 10.1 Å². The van der Waals surface area contributed by atoms with Crippen LogP contribution in [0.3, 0.4) is 0 Å². The van der Waals surface area contributed by atoms with Crippen molar-refractivity contribution in [1.82, 2.24) is 0 Å². The van der Waals surface area contributed by atoms with E-state index in [0.717, 1.165) is 12.1 Å². The topological polar surface area (TPSA) is 72.6 Å². The highest BCUT2D eigenvalue weighted by Crippen LogP contribution is 2.43. The highest BCUT2D eigenvalue weighted by molar-refractivity contribution is 5.38. The van der Waals surface area contributed by atoms with E-state index in [2.05, 4.69) is 0 Å². The van der Waals surface area contributed by atoms with Gasteiger partial charge in [-0.1, -0.05) is 13.8 Å². The van der Waals surface area contributed by atoms with E-state index in [1.165, 1.54) is 6.07 Å². The molecule has 1 saturated carbocycles. The summed E-state index contributed by atoms with van der Waals surface area (Å²) in [5.74, 6) is -0.682. The Morgan fingerprint density at radius 3 is 2.67 bits per heavy atom. The van der Waals surface area contributed by atoms with Crippen molar-refractivity contribution < 1.29 is 19.2 Å². The lowest BCUT2D eigenvalue weighted by Gasteiger charge is -2.48. The maximum absolute atomic E-state index is 13.4. The van der Waals surface area contributed by atoms with Crippen molar-refractivity contribution >= 4 is 5.69 Å². The van der Waals surface area contributed by atoms with Crippen molar-refractivity contribution in [2.75, 3.05) is 0 Å². The Morgan fingerprint density at radius 2 is 2.22 bits per heavy atom. The minimum absolute atomic E-state index is 0.214. The highest BCUT2D eigenvalue weighted by Gasteiger charge is 2.49. The average molecular weight is 255 g/mol. The number of aliphatic hydroxyl groups excluding tert-OH is 1. The Labute approximate surface area is 103 Å². The lowest BCUT2D eigenvalue weighted by atomic mass is 9.66. The van der Waals surface area contributed by atoms with Crippen molar-refractivity contribution in [1.29, 1.82) is 0 Å². The number of benzene rings is 1. The van der Waals surface area contributed by atoms with Gasteiger partial charge in [0.25, 0.3) is 0 Å². The zero-order valence-corrected chi connectivity index (χ0v) is 10.1. The fraction of sp³-hybridized carbons (Fsp3) is 0.500. The molecule has 0 heterocycles. The van der Waals surface area contributed by atoms with E-state index >= 15 is 0 Å². The summed E-state index contributed by atoms with van der Waals surface area (Å²) in [6.07, 6.45) is -0.176. The van der Waals surface area contributed by atoms with E-state index in [4.69, 9.17) is 4.74 Å². The molecular formula is C12H14FNO4. The van der Waals surface area contributed by atoms with Gasteiger partial charge in [-0.25, -0.2) is 0 Å². The van der Waals surface area contributed by atoms with E-state index in [1.807, 2.05) is 13.8 Å². The molecule has 0 aromatic heterocycles. The summed E-state index contributed by atoms with van der Waals surface area (Å²) in [6.45, 7) is 3.71. The highest BCUT2D eigenvalue weighted by atomic mass is 19.1. The second-order valence-corrected chi connectivity index (χ2v) is 5.05. The number of nitro benzene ring substituents is 1. The molecule has 0 radical (unpaired) electrons. The summed E-state index contributed by atoms with van der Waals surface area (Å²) in [7, 11) is 0. The van der Waals surface area contributed by atoms with Gasteiger partial charge in [-0.3, -0.25) is 10.1 Å². The number of hydrogen-bond acceptors (Lipinski definition) is 4. The third-order valence-corrected chi connectivity index (χ3v) is 3.52. The summed E-state index contributed by atoms with van der Waals surface area (Å²) >= 11 is 0. The van der Waals surface area contributed by atoms with Crippen molar-refractivity contribution in [2.45, 2.75) is 32.5 Å². The van der Waals surface area contributed by atoms with Gasteiger partial charge in [0.2, 0.25) is 5.82 Å². The Morgan fingerprint density at radius 1 is 1.56 bits per heavy atom. The van der Waals surface area contributed by atoms with Crippen LogP contribution >= 0.6 is 0 Å². The maximum Gasteiger partial charge on any atom is 0.305 e. The lowest BCUT2D eigenvalue weighted by Crippen LogP contribution is -2.56. The van der Waals surface area contributed by atoms with Gasteiger partial charge < -0.3 is 9.84 Å². The molecule has 1 aliphatic rings. The van der Waals surface area contributed by atoms with E-state index in [-0.39, 0.29) is 11.9 Å². The molecule has 98 valence electrons. The first-order chi connectivity index (χ1) is 8.32. The molecule has 5 nitrogen and oxygen atoms in total. The van der Waals surface area contributed by atoms with Gasteiger partial charge in [0.1, 0.15) is 11.9 Å². The van der Waals surface area contributed by atoms with Crippen molar-refractivity contribution in [2.24, 2.45) is 5.41 Å². The van der Waals surface area contributed by atoms with Crippen LogP contribution in [0.2, 0.25) is 0 Å². The van der Waals surface area contributed by atoms with Crippen molar-refractivity contribution in [3.8, 4) is 5.75 Å². The number of nitro groups is 1. The first-order valence-corrected chi connectivity index (χ1v) is 5.61. The summed E-state index contributed by atoms with van der Waals surface area (Å²) in [5, 5.41) is 20.0. The van der Waals surface area contributed by atoms with Gasteiger partial charge in [0, 0.05) is 24.0 Å². The number of nitrogens with zero attached hydrogens (tertiary/aromatic N) is 1. The van der Waals surface area contributed by atoms with Gasteiger partial charge in [0.15, 0.2) is 0 Å². The molecule has 1 fully saturated rings. The molecule has 2 atom stereocenters. The second-order valence-electron chi connectivity index (χ2n) is 5.05. The summed E-state index contributed by atoms with van der Waals surface area (Å²) in [5.41, 5.74) is -0.964. The van der Waals surface area contributed by atoms with Gasteiger partial charge in [-0.05, 0) is 6.07 Å². The predicted molar refractivity (Wildman–Crippen MR) is 61.9 cm³/mol. The molecule has 1 aromatic rings. The molecule has 1 N–H and O–H groups in total. The van der Waals surface area contributed by atoms with Gasteiger partial charge >= 0.3 is 5.69 Å². The van der Waals surface area contributed by atoms with E-state index in [9.17, 15) is 19.6 Å². The zero-order chi connectivity index (χ0) is 13.5. The monoisotopic (exact) mass is 255 g/mol. The van der Waals surface area contributed by atoms with Crippen LogP contribution < -0.4 is 4.74 Å². The van der Waals surface area contributed by atoms with Gasteiger partial charge in [0.05, 0.1) is 11.0 Å². The third kappa shape index (κ3) is 2.03. The number of hydrogen-bond donors (Lipinski definition) is 1. The maximum atomic E-state index is 13.4. The summed E-state index contributed by atoms with van der Waals surface area (Å²) in [4.78, 5) is 9.68. The van der Waals surface area contributed by atoms with Crippen LogP contribution in [0.1, 0.15) is 20.3 Å². The fourth-order valence-corrected chi connectivity index (χ4v) is 1.94. The predicted octanol–water partition coefficient (Wildman–Crippen LogP) is 2.27. The minimum Gasteiger partial charge on any atom is -0.490 e. The van der Waals surface area contributed by atoms with Crippen LogP contribution in [0.5, 0.6) is 5.75 Å². The molecule has 0 bridgehead atoms. The number of ether oxygens (including phenoxy) is 1. The molecule has 0 amide bonds. The molecule has 1 aromatic carbocycles. The Kier molecular flexibility index (Phi) is 2.98. The molecular weight excluding hydrogens is 241 g/mol. The van der Waals surface area contributed by atoms with Crippen molar-refractivity contribution in [3.05, 3.63) is 34.1 Å². The molecule has 0 saturated heterocycles. The minimum atomic E-state index is -0.921. The molecule has 2 unspecified atom stereocenters. The van der Waals surface area contributed by atoms with Crippen LogP contribution in [0.25, 0.3) is 0 Å². The standard InChI is InChI=1S/C12H14FNO4/c1-12(2)10(15)6-11(12)18-7-3-4-9(14(16)17)8(13)5-7/h3-5,10-11,15H,6H2,1-2H3. The number of halogens is 1. The van der Waals surface area contributed by atoms with Crippen LogP contribution in [-0.2, 0) is 0 Å². The lowest BCUT2D eigenvalue weighted by molar-refractivity contribution is -0.387. The first-order valence-electron chi connectivity index (χ1n) is 5.61. The molecule has 2 rings (SSSR count). The summed E-state index contributed by atoms with van der Waals surface area (Å²) in [6, 6.07) is 3.44. The fourth-order valence-electron chi connectivity index (χ4n) is 1.94. The normalized spacial score (nSPS) is 25.3. The number of aliphatic hydroxyl groups is 1. The largest absolute Gasteiger partial charge is 0.490 e. The SMILES string of the molecule is CC1(C)C(O)CC1Oc1ccc([N+](=O)[O-])c(F)c1.